The molecule has 0 spiro atoms. The number of benzene rings is 1. The Hall–Kier alpha value is -2.30. The highest BCUT2D eigenvalue weighted by molar-refractivity contribution is 5.95. The first-order valence-electron chi connectivity index (χ1n) is 6.98. The van der Waals surface area contributed by atoms with Crippen molar-refractivity contribution in [3.05, 3.63) is 57.8 Å². The molecule has 5 nitrogen and oxygen atoms in total. The quantitative estimate of drug-likeness (QED) is 0.806. The monoisotopic (exact) mass is 287 g/mol. The Bertz CT molecular complexity index is 677. The maximum Gasteiger partial charge on any atom is 0.323 e. The second kappa shape index (κ2) is 5.99. The van der Waals surface area contributed by atoms with Gasteiger partial charge in [-0.1, -0.05) is 39.0 Å². The normalized spacial score (nSPS) is 11.4. The molecule has 1 amide bonds. The van der Waals surface area contributed by atoms with Gasteiger partial charge in [-0.15, -0.1) is 0 Å². The zero-order chi connectivity index (χ0) is 15.5. The van der Waals surface area contributed by atoms with Crippen molar-refractivity contribution in [2.75, 3.05) is 0 Å². The van der Waals surface area contributed by atoms with Gasteiger partial charge in [0.15, 0.2) is 0 Å². The largest absolute Gasteiger partial charge is 0.346 e. The van der Waals surface area contributed by atoms with Crippen LogP contribution in [0.15, 0.2) is 35.3 Å². The number of carbonyl (C=O) groups is 1. The predicted molar refractivity (Wildman–Crippen MR) is 82.2 cm³/mol. The number of aromatic nitrogens is 2. The molecular formula is C16H21N3O2. The van der Waals surface area contributed by atoms with Crippen LogP contribution in [-0.2, 0) is 13.0 Å². The molecule has 0 saturated heterocycles. The third-order valence-electron chi connectivity index (χ3n) is 3.07. The number of amides is 1. The molecule has 0 aliphatic rings. The van der Waals surface area contributed by atoms with E-state index < -0.39 is 0 Å². The summed E-state index contributed by atoms with van der Waals surface area (Å²) in [5.74, 6) is -0.128. The van der Waals surface area contributed by atoms with Gasteiger partial charge in [0.1, 0.15) is 0 Å². The van der Waals surface area contributed by atoms with E-state index in [4.69, 9.17) is 0 Å². The molecular weight excluding hydrogens is 266 g/mol. The van der Waals surface area contributed by atoms with E-state index in [9.17, 15) is 9.59 Å². The van der Waals surface area contributed by atoms with Crippen molar-refractivity contribution >= 4 is 5.91 Å². The van der Waals surface area contributed by atoms with Crippen molar-refractivity contribution in [1.82, 2.24) is 15.3 Å². The summed E-state index contributed by atoms with van der Waals surface area (Å²) < 4.78 is 0. The lowest BCUT2D eigenvalue weighted by Crippen LogP contribution is -2.25. The van der Waals surface area contributed by atoms with Crippen LogP contribution in [0.3, 0.4) is 0 Å². The summed E-state index contributed by atoms with van der Waals surface area (Å²) >= 11 is 0. The third kappa shape index (κ3) is 4.34. The number of H-pyrrole nitrogens is 2. The Morgan fingerprint density at radius 1 is 1.24 bits per heavy atom. The Kier molecular flexibility index (Phi) is 4.31. The summed E-state index contributed by atoms with van der Waals surface area (Å²) in [6.07, 6.45) is 2.39. The van der Waals surface area contributed by atoms with Crippen molar-refractivity contribution in [2.45, 2.75) is 33.7 Å². The van der Waals surface area contributed by atoms with Crippen LogP contribution in [0, 0.1) is 5.41 Å². The van der Waals surface area contributed by atoms with E-state index >= 15 is 0 Å². The van der Waals surface area contributed by atoms with E-state index in [1.165, 1.54) is 0 Å². The summed E-state index contributed by atoms with van der Waals surface area (Å²) in [5, 5.41) is 2.83. The van der Waals surface area contributed by atoms with E-state index in [1.54, 1.807) is 6.20 Å². The first kappa shape index (κ1) is 15.1. The Balaban J connectivity index is 2.10. The van der Waals surface area contributed by atoms with Crippen LogP contribution in [0.2, 0.25) is 0 Å². The van der Waals surface area contributed by atoms with Crippen molar-refractivity contribution in [3.8, 4) is 0 Å². The highest BCUT2D eigenvalue weighted by Gasteiger charge is 2.17. The van der Waals surface area contributed by atoms with Gasteiger partial charge in [0.05, 0.1) is 12.2 Å². The number of hydrogen-bond donors (Lipinski definition) is 3. The topological polar surface area (TPSA) is 77.8 Å². The van der Waals surface area contributed by atoms with E-state index in [-0.39, 0.29) is 17.0 Å². The van der Waals surface area contributed by atoms with Crippen molar-refractivity contribution in [2.24, 2.45) is 5.41 Å². The maximum absolute atomic E-state index is 12.3. The zero-order valence-corrected chi connectivity index (χ0v) is 12.6. The lowest BCUT2D eigenvalue weighted by atomic mass is 9.86. The molecule has 0 radical (unpaired) electrons. The first-order valence-corrected chi connectivity index (χ1v) is 6.98. The second-order valence-electron chi connectivity index (χ2n) is 6.35. The third-order valence-corrected chi connectivity index (χ3v) is 3.07. The van der Waals surface area contributed by atoms with Gasteiger partial charge in [0, 0.05) is 11.8 Å². The number of hydrogen-bond acceptors (Lipinski definition) is 2. The van der Waals surface area contributed by atoms with Gasteiger partial charge in [-0.3, -0.25) is 4.79 Å². The minimum atomic E-state index is -0.271. The molecule has 3 N–H and O–H groups in total. The number of carbonyl (C=O) groups excluding carboxylic acids is 1. The average molecular weight is 287 g/mol. The molecule has 0 fully saturated rings. The van der Waals surface area contributed by atoms with Gasteiger partial charge < -0.3 is 15.3 Å². The molecule has 5 heteroatoms. The van der Waals surface area contributed by atoms with Crippen molar-refractivity contribution < 1.29 is 4.79 Å². The first-order chi connectivity index (χ1) is 9.85. The zero-order valence-electron chi connectivity index (χ0n) is 12.6. The smallest absolute Gasteiger partial charge is 0.323 e. The van der Waals surface area contributed by atoms with Gasteiger partial charge in [0.2, 0.25) is 0 Å². The predicted octanol–water partition coefficient (Wildman–Crippen LogP) is 2.22. The number of aromatic amines is 2. The van der Waals surface area contributed by atoms with Crippen LogP contribution in [0.1, 0.15) is 42.4 Å². The number of rotatable bonds is 4. The molecule has 0 aliphatic heterocycles. The van der Waals surface area contributed by atoms with Gasteiger partial charge in [0.25, 0.3) is 5.91 Å². The van der Waals surface area contributed by atoms with Crippen LogP contribution < -0.4 is 11.0 Å². The minimum Gasteiger partial charge on any atom is -0.346 e. The fraction of sp³-hybridized carbons (Fsp3) is 0.375. The molecule has 1 aromatic heterocycles. The molecule has 0 aliphatic carbocycles. The maximum atomic E-state index is 12.3. The van der Waals surface area contributed by atoms with Crippen LogP contribution >= 0.6 is 0 Å². The minimum absolute atomic E-state index is 0.113. The van der Waals surface area contributed by atoms with Crippen molar-refractivity contribution in [3.63, 3.8) is 0 Å². The second-order valence-corrected chi connectivity index (χ2v) is 6.35. The summed E-state index contributed by atoms with van der Waals surface area (Å²) in [7, 11) is 0. The molecule has 0 bridgehead atoms. The fourth-order valence-corrected chi connectivity index (χ4v) is 2.20. The standard InChI is InChI=1S/C16H21N3O2/c1-16(2,3)8-11-6-4-5-7-13(11)14(20)17-9-12-10-18-15(21)19-12/h4-7,10H,8-9H2,1-3H3,(H,17,20)(H2,18,19,21). The van der Waals surface area contributed by atoms with Crippen LogP contribution in [0.4, 0.5) is 0 Å². The fourth-order valence-electron chi connectivity index (χ4n) is 2.20. The van der Waals surface area contributed by atoms with Gasteiger partial charge in [-0.25, -0.2) is 4.79 Å². The van der Waals surface area contributed by atoms with E-state index in [0.29, 0.717) is 17.8 Å². The Labute approximate surface area is 123 Å². The molecule has 1 heterocycles. The number of nitrogens with one attached hydrogen (secondary N) is 3. The summed E-state index contributed by atoms with van der Waals surface area (Å²) in [5.41, 5.74) is 2.21. The average Bonchev–Trinajstić information content (AvgIpc) is 2.80. The van der Waals surface area contributed by atoms with Gasteiger partial charge >= 0.3 is 5.69 Å². The lowest BCUT2D eigenvalue weighted by Gasteiger charge is -2.20. The molecule has 2 rings (SSSR count). The molecule has 0 unspecified atom stereocenters. The Morgan fingerprint density at radius 2 is 1.95 bits per heavy atom. The summed E-state index contributed by atoms with van der Waals surface area (Å²) in [6, 6.07) is 7.62. The SMILES string of the molecule is CC(C)(C)Cc1ccccc1C(=O)NCc1c[nH]c(=O)[nH]1. The van der Waals surface area contributed by atoms with Gasteiger partial charge in [-0.05, 0) is 23.5 Å². The summed E-state index contributed by atoms with van der Waals surface area (Å²) in [6.45, 7) is 6.73. The van der Waals surface area contributed by atoms with E-state index in [1.807, 2.05) is 24.3 Å². The number of imidazole rings is 1. The molecule has 0 atom stereocenters. The molecule has 112 valence electrons. The molecule has 2 aromatic rings. The molecule has 0 saturated carbocycles. The van der Waals surface area contributed by atoms with Crippen LogP contribution in [0.25, 0.3) is 0 Å². The Morgan fingerprint density at radius 3 is 2.57 bits per heavy atom. The summed E-state index contributed by atoms with van der Waals surface area (Å²) in [4.78, 5) is 28.4. The highest BCUT2D eigenvalue weighted by atomic mass is 16.2. The van der Waals surface area contributed by atoms with Crippen LogP contribution in [-0.4, -0.2) is 15.9 Å². The van der Waals surface area contributed by atoms with E-state index in [2.05, 4.69) is 36.1 Å². The van der Waals surface area contributed by atoms with Crippen molar-refractivity contribution in [1.29, 1.82) is 0 Å². The molecule has 1 aromatic carbocycles. The van der Waals surface area contributed by atoms with E-state index in [0.717, 1.165) is 12.0 Å². The lowest BCUT2D eigenvalue weighted by molar-refractivity contribution is 0.0949. The highest BCUT2D eigenvalue weighted by Crippen LogP contribution is 2.22. The molecule has 21 heavy (non-hydrogen) atoms. The van der Waals surface area contributed by atoms with Crippen LogP contribution in [0.5, 0.6) is 0 Å². The van der Waals surface area contributed by atoms with Gasteiger partial charge in [-0.2, -0.15) is 0 Å².